The molecule has 0 aliphatic carbocycles. The van der Waals surface area contributed by atoms with Crippen LogP contribution >= 0.6 is 0 Å². The topological polar surface area (TPSA) is 86.3 Å². The summed E-state index contributed by atoms with van der Waals surface area (Å²) in [6.45, 7) is 2.71. The normalized spacial score (nSPS) is 9.60. The summed E-state index contributed by atoms with van der Waals surface area (Å²) in [6, 6.07) is 6.42. The smallest absolute Gasteiger partial charge is 0.356 e. The highest BCUT2D eigenvalue weighted by Crippen LogP contribution is 2.16. The first-order valence-electron chi connectivity index (χ1n) is 6.67. The first-order valence-corrected chi connectivity index (χ1v) is 6.67. The molecule has 0 bridgehead atoms. The third kappa shape index (κ3) is 5.96. The van der Waals surface area contributed by atoms with Crippen molar-refractivity contribution in [2.24, 2.45) is 0 Å². The zero-order chi connectivity index (χ0) is 14.8. The van der Waals surface area contributed by atoms with Gasteiger partial charge in [0.25, 0.3) is 0 Å². The number of hydrogen-bond acceptors (Lipinski definition) is 3. The SMILES string of the molecule is CCCCNC(=O)CCC(=O)Nc1ccc([N+]#N)cc1. The van der Waals surface area contributed by atoms with Crippen molar-refractivity contribution < 1.29 is 9.59 Å². The van der Waals surface area contributed by atoms with Gasteiger partial charge in [-0.05, 0) is 18.6 Å². The number of hydrogen-bond donors (Lipinski definition) is 2. The van der Waals surface area contributed by atoms with Gasteiger partial charge in [0.05, 0.1) is 0 Å². The van der Waals surface area contributed by atoms with E-state index in [1.807, 2.05) is 0 Å². The molecule has 2 N–H and O–H groups in total. The average molecular weight is 275 g/mol. The van der Waals surface area contributed by atoms with Gasteiger partial charge in [0, 0.05) is 37.2 Å². The summed E-state index contributed by atoms with van der Waals surface area (Å²) < 4.78 is 0. The fourth-order valence-corrected chi connectivity index (χ4v) is 1.55. The molecular formula is C14H19N4O2+. The van der Waals surface area contributed by atoms with Gasteiger partial charge in [0.1, 0.15) is 0 Å². The van der Waals surface area contributed by atoms with Crippen LogP contribution in [0.25, 0.3) is 4.98 Å². The van der Waals surface area contributed by atoms with Gasteiger partial charge < -0.3 is 10.6 Å². The second-order valence-corrected chi connectivity index (χ2v) is 4.40. The number of carbonyl (C=O) groups excluding carboxylic acids is 2. The molecule has 106 valence electrons. The lowest BCUT2D eigenvalue weighted by molar-refractivity contribution is -0.124. The minimum absolute atomic E-state index is 0.108. The van der Waals surface area contributed by atoms with Gasteiger partial charge >= 0.3 is 5.69 Å². The molecule has 0 unspecified atom stereocenters. The molecule has 6 heteroatoms. The molecule has 0 saturated carbocycles. The van der Waals surface area contributed by atoms with Crippen molar-refractivity contribution in [2.75, 3.05) is 11.9 Å². The molecule has 0 atom stereocenters. The van der Waals surface area contributed by atoms with Crippen LogP contribution in [0.2, 0.25) is 0 Å². The van der Waals surface area contributed by atoms with E-state index in [1.165, 1.54) is 0 Å². The van der Waals surface area contributed by atoms with Crippen molar-refractivity contribution in [1.82, 2.24) is 5.32 Å². The number of unbranched alkanes of at least 4 members (excludes halogenated alkanes) is 1. The Kier molecular flexibility index (Phi) is 6.76. The molecule has 0 heterocycles. The van der Waals surface area contributed by atoms with Crippen LogP contribution in [-0.4, -0.2) is 18.4 Å². The van der Waals surface area contributed by atoms with Gasteiger partial charge in [0.15, 0.2) is 4.98 Å². The number of rotatable bonds is 7. The van der Waals surface area contributed by atoms with Crippen molar-refractivity contribution in [2.45, 2.75) is 32.6 Å². The van der Waals surface area contributed by atoms with E-state index in [0.29, 0.717) is 17.9 Å². The third-order valence-electron chi connectivity index (χ3n) is 2.70. The zero-order valence-electron chi connectivity index (χ0n) is 11.6. The van der Waals surface area contributed by atoms with Crippen molar-refractivity contribution in [1.29, 1.82) is 5.39 Å². The lowest BCUT2D eigenvalue weighted by Gasteiger charge is -2.05. The Bertz CT molecular complexity index is 491. The largest absolute Gasteiger partial charge is 0.385 e. The molecule has 20 heavy (non-hydrogen) atoms. The van der Waals surface area contributed by atoms with E-state index in [9.17, 15) is 9.59 Å². The molecule has 0 saturated heterocycles. The maximum absolute atomic E-state index is 11.6. The van der Waals surface area contributed by atoms with E-state index >= 15 is 0 Å². The van der Waals surface area contributed by atoms with E-state index in [1.54, 1.807) is 24.3 Å². The van der Waals surface area contributed by atoms with Crippen LogP contribution in [0.3, 0.4) is 0 Å². The van der Waals surface area contributed by atoms with E-state index in [4.69, 9.17) is 5.39 Å². The number of carbonyl (C=O) groups is 2. The fraction of sp³-hybridized carbons (Fsp3) is 0.429. The summed E-state index contributed by atoms with van der Waals surface area (Å²) in [5.74, 6) is -0.327. The van der Waals surface area contributed by atoms with E-state index in [0.717, 1.165) is 12.8 Å². The predicted molar refractivity (Wildman–Crippen MR) is 77.0 cm³/mol. The maximum Gasteiger partial charge on any atom is 0.385 e. The van der Waals surface area contributed by atoms with Crippen LogP contribution in [0.15, 0.2) is 24.3 Å². The van der Waals surface area contributed by atoms with Crippen LogP contribution in [0.5, 0.6) is 0 Å². The molecule has 0 radical (unpaired) electrons. The Hall–Kier alpha value is -2.42. The first kappa shape index (κ1) is 15.6. The number of nitrogens with zero attached hydrogens (tertiary/aromatic N) is 2. The molecule has 2 amide bonds. The minimum atomic E-state index is -0.218. The molecule has 1 rings (SSSR count). The highest BCUT2D eigenvalue weighted by atomic mass is 16.2. The molecule has 6 nitrogen and oxygen atoms in total. The van der Waals surface area contributed by atoms with Crippen LogP contribution in [0.1, 0.15) is 32.6 Å². The average Bonchev–Trinajstić information content (AvgIpc) is 2.46. The summed E-state index contributed by atoms with van der Waals surface area (Å²) in [4.78, 5) is 26.1. The summed E-state index contributed by atoms with van der Waals surface area (Å²) in [5, 5.41) is 14.0. The van der Waals surface area contributed by atoms with Crippen LogP contribution in [0, 0.1) is 5.39 Å². The number of diazo groups is 1. The molecule has 0 aliphatic heterocycles. The molecule has 1 aromatic rings. The van der Waals surface area contributed by atoms with Gasteiger partial charge in [-0.1, -0.05) is 13.3 Å². The monoisotopic (exact) mass is 275 g/mol. The van der Waals surface area contributed by atoms with E-state index in [2.05, 4.69) is 22.5 Å². The van der Waals surface area contributed by atoms with Crippen molar-refractivity contribution >= 4 is 23.2 Å². The maximum atomic E-state index is 11.6. The number of nitrogens with one attached hydrogen (secondary N) is 2. The highest BCUT2D eigenvalue weighted by Gasteiger charge is 2.08. The highest BCUT2D eigenvalue weighted by molar-refractivity contribution is 5.93. The first-order chi connectivity index (χ1) is 9.65. The van der Waals surface area contributed by atoms with Crippen LogP contribution < -0.4 is 10.6 Å². The standard InChI is InChI=1S/C14H18N4O2/c1-2-3-10-16-13(19)8-9-14(20)17-11-4-6-12(18-15)7-5-11/h4-7H,2-3,8-10H2,1H3,(H-,16,17,19,20)/p+1. The summed E-state index contributed by atoms with van der Waals surface area (Å²) in [6.07, 6.45) is 2.29. The molecule has 1 aromatic carbocycles. The lowest BCUT2D eigenvalue weighted by Crippen LogP contribution is -2.25. The second-order valence-electron chi connectivity index (χ2n) is 4.40. The van der Waals surface area contributed by atoms with Gasteiger partial charge in [-0.2, -0.15) is 0 Å². The van der Waals surface area contributed by atoms with E-state index in [-0.39, 0.29) is 24.7 Å². The van der Waals surface area contributed by atoms with Crippen molar-refractivity contribution in [3.8, 4) is 0 Å². The summed E-state index contributed by atoms with van der Waals surface area (Å²) in [7, 11) is 0. The zero-order valence-corrected chi connectivity index (χ0v) is 11.6. The Morgan fingerprint density at radius 3 is 2.40 bits per heavy atom. The lowest BCUT2D eigenvalue weighted by atomic mass is 10.2. The molecule has 0 aliphatic rings. The minimum Gasteiger partial charge on any atom is -0.356 e. The van der Waals surface area contributed by atoms with Gasteiger partial charge in [-0.15, -0.1) is 0 Å². The Morgan fingerprint density at radius 2 is 1.80 bits per heavy atom. The number of anilines is 1. The van der Waals surface area contributed by atoms with Crippen LogP contribution in [-0.2, 0) is 9.59 Å². The molecular weight excluding hydrogens is 256 g/mol. The number of amides is 2. The van der Waals surface area contributed by atoms with E-state index < -0.39 is 0 Å². The Morgan fingerprint density at radius 1 is 1.15 bits per heavy atom. The second kappa shape index (κ2) is 8.64. The molecule has 0 fully saturated rings. The quantitative estimate of drug-likeness (QED) is 0.592. The Balaban J connectivity index is 2.29. The van der Waals surface area contributed by atoms with Gasteiger partial charge in [0.2, 0.25) is 17.2 Å². The Labute approximate surface area is 118 Å². The fourth-order valence-electron chi connectivity index (χ4n) is 1.55. The predicted octanol–water partition coefficient (Wildman–Crippen LogP) is 2.81. The van der Waals surface area contributed by atoms with Gasteiger partial charge in [-0.25, -0.2) is 0 Å². The summed E-state index contributed by atoms with van der Waals surface area (Å²) >= 11 is 0. The van der Waals surface area contributed by atoms with Crippen molar-refractivity contribution in [3.63, 3.8) is 0 Å². The molecule has 0 spiro atoms. The summed E-state index contributed by atoms with van der Waals surface area (Å²) in [5.41, 5.74) is 1.02. The third-order valence-corrected chi connectivity index (χ3v) is 2.70. The molecule has 0 aromatic heterocycles. The van der Waals surface area contributed by atoms with Crippen molar-refractivity contribution in [3.05, 3.63) is 29.2 Å². The number of benzene rings is 1. The van der Waals surface area contributed by atoms with Gasteiger partial charge in [-0.3, -0.25) is 9.59 Å². The van der Waals surface area contributed by atoms with Crippen LogP contribution in [0.4, 0.5) is 11.4 Å².